The van der Waals surface area contributed by atoms with Crippen LogP contribution in [-0.2, 0) is 28.6 Å². The van der Waals surface area contributed by atoms with Crippen LogP contribution in [-0.4, -0.2) is 75.5 Å². The summed E-state index contributed by atoms with van der Waals surface area (Å²) in [5.74, 6) is -1.76. The number of carbonyl (C=O) groups excluding carboxylic acids is 3. The lowest BCUT2D eigenvalue weighted by molar-refractivity contribution is -0.889. The van der Waals surface area contributed by atoms with Crippen molar-refractivity contribution in [3.63, 3.8) is 0 Å². The maximum Gasteiger partial charge on any atom is 0.306 e. The minimum absolute atomic E-state index is 0.0381. The summed E-state index contributed by atoms with van der Waals surface area (Å²) < 4.78 is 17.0. The zero-order chi connectivity index (χ0) is 34.3. The SMILES string of the molecule is CCCCC/C=C/C=C/CCCCCCCCC(=O)OC(COCCC(C(=O)[O-])[N+](C)(C)C)COC(=O)CCCCCCCCC. The van der Waals surface area contributed by atoms with Crippen molar-refractivity contribution in [3.05, 3.63) is 24.3 Å². The van der Waals surface area contributed by atoms with Crippen molar-refractivity contribution in [2.45, 2.75) is 161 Å². The minimum atomic E-state index is -1.13. The Morgan fingerprint density at radius 3 is 1.67 bits per heavy atom. The molecule has 0 amide bonds. The predicted octanol–water partition coefficient (Wildman–Crippen LogP) is 7.63. The molecule has 0 bridgehead atoms. The van der Waals surface area contributed by atoms with Crippen molar-refractivity contribution < 1.29 is 38.2 Å². The molecule has 2 unspecified atom stereocenters. The van der Waals surface area contributed by atoms with Crippen LogP contribution in [0.1, 0.15) is 149 Å². The van der Waals surface area contributed by atoms with E-state index in [9.17, 15) is 19.5 Å². The molecule has 0 spiro atoms. The molecule has 0 saturated carbocycles. The number of esters is 2. The molecule has 0 aromatic carbocycles. The fourth-order valence-electron chi connectivity index (χ4n) is 5.18. The Bertz CT molecular complexity index is 818. The Morgan fingerprint density at radius 2 is 1.13 bits per heavy atom. The lowest BCUT2D eigenvalue weighted by atomic mass is 10.1. The van der Waals surface area contributed by atoms with Crippen LogP contribution in [0.2, 0.25) is 0 Å². The maximum atomic E-state index is 12.6. The fraction of sp³-hybridized carbons (Fsp3) is 0.816. The Kier molecular flexibility index (Phi) is 28.7. The number of rotatable bonds is 32. The van der Waals surface area contributed by atoms with Gasteiger partial charge < -0.3 is 28.6 Å². The molecule has 268 valence electrons. The largest absolute Gasteiger partial charge is 0.544 e. The molecule has 0 aliphatic heterocycles. The third-order valence-corrected chi connectivity index (χ3v) is 8.12. The second kappa shape index (κ2) is 30.2. The summed E-state index contributed by atoms with van der Waals surface area (Å²) in [5.41, 5.74) is 0. The van der Waals surface area contributed by atoms with Crippen LogP contribution in [0.25, 0.3) is 0 Å². The number of carbonyl (C=O) groups is 3. The van der Waals surface area contributed by atoms with Crippen molar-refractivity contribution in [2.24, 2.45) is 0 Å². The average molecular weight is 652 g/mol. The molecule has 0 rings (SSSR count). The highest BCUT2D eigenvalue weighted by Gasteiger charge is 2.25. The van der Waals surface area contributed by atoms with Gasteiger partial charge in [0.05, 0.1) is 40.3 Å². The summed E-state index contributed by atoms with van der Waals surface area (Å²) in [6.07, 6.45) is 29.2. The van der Waals surface area contributed by atoms with Crippen LogP contribution in [0.5, 0.6) is 0 Å². The van der Waals surface area contributed by atoms with Crippen molar-refractivity contribution in [1.29, 1.82) is 0 Å². The number of unbranched alkanes of at least 4 members (excludes halogenated alkanes) is 15. The van der Waals surface area contributed by atoms with Gasteiger partial charge >= 0.3 is 11.9 Å². The van der Waals surface area contributed by atoms with Crippen LogP contribution >= 0.6 is 0 Å². The van der Waals surface area contributed by atoms with Gasteiger partial charge in [-0.05, 0) is 38.5 Å². The molecular formula is C38H69NO7. The number of carboxylic acids is 1. The van der Waals surface area contributed by atoms with Gasteiger partial charge in [0.1, 0.15) is 12.6 Å². The number of hydrogen-bond acceptors (Lipinski definition) is 7. The zero-order valence-corrected chi connectivity index (χ0v) is 30.2. The van der Waals surface area contributed by atoms with Crippen molar-refractivity contribution in [2.75, 3.05) is 41.0 Å². The number of ether oxygens (including phenoxy) is 3. The van der Waals surface area contributed by atoms with Gasteiger partial charge in [0.15, 0.2) is 6.10 Å². The Labute approximate surface area is 281 Å². The van der Waals surface area contributed by atoms with Gasteiger partial charge in [-0.1, -0.05) is 115 Å². The van der Waals surface area contributed by atoms with Crippen LogP contribution in [0.3, 0.4) is 0 Å². The summed E-state index contributed by atoms with van der Waals surface area (Å²) >= 11 is 0. The van der Waals surface area contributed by atoms with Gasteiger partial charge in [-0.3, -0.25) is 9.59 Å². The van der Waals surface area contributed by atoms with E-state index in [4.69, 9.17) is 14.2 Å². The highest BCUT2D eigenvalue weighted by molar-refractivity contribution is 5.70. The number of nitrogens with zero attached hydrogens (tertiary/aromatic N) is 1. The first kappa shape index (κ1) is 43.8. The lowest BCUT2D eigenvalue weighted by Crippen LogP contribution is -2.55. The summed E-state index contributed by atoms with van der Waals surface area (Å²) in [4.78, 5) is 36.4. The molecule has 0 aliphatic carbocycles. The molecule has 0 aliphatic rings. The van der Waals surface area contributed by atoms with Gasteiger partial charge in [0.25, 0.3) is 0 Å². The molecule has 46 heavy (non-hydrogen) atoms. The quantitative estimate of drug-likeness (QED) is 0.0319. The van der Waals surface area contributed by atoms with E-state index in [0.29, 0.717) is 12.8 Å². The molecule has 0 fully saturated rings. The van der Waals surface area contributed by atoms with Crippen LogP contribution in [0.15, 0.2) is 24.3 Å². The van der Waals surface area contributed by atoms with Gasteiger partial charge in [-0.25, -0.2) is 0 Å². The standard InChI is InChI=1S/C38H69NO7/c1-6-8-10-12-14-15-16-17-18-19-20-21-23-25-27-29-37(41)46-34(32-44-31-30-35(38(42)43)39(3,4)5)33-45-36(40)28-26-24-22-13-11-9-7-2/h14-17,34-35H,6-13,18-33H2,1-5H3/b15-14+,17-16+. The molecule has 0 aromatic heterocycles. The average Bonchev–Trinajstić information content (AvgIpc) is 3.00. The van der Waals surface area contributed by atoms with E-state index in [1.165, 1.54) is 57.8 Å². The van der Waals surface area contributed by atoms with E-state index in [-0.39, 0.29) is 42.7 Å². The minimum Gasteiger partial charge on any atom is -0.544 e. The van der Waals surface area contributed by atoms with Crippen molar-refractivity contribution in [1.82, 2.24) is 0 Å². The maximum absolute atomic E-state index is 12.6. The van der Waals surface area contributed by atoms with E-state index in [1.807, 2.05) is 0 Å². The number of quaternary nitrogens is 1. The fourth-order valence-corrected chi connectivity index (χ4v) is 5.18. The van der Waals surface area contributed by atoms with Crippen molar-refractivity contribution >= 4 is 17.9 Å². The molecule has 0 N–H and O–H groups in total. The van der Waals surface area contributed by atoms with Crippen LogP contribution in [0.4, 0.5) is 0 Å². The Balaban J connectivity index is 4.42. The number of allylic oxidation sites excluding steroid dienone is 4. The van der Waals surface area contributed by atoms with Crippen LogP contribution in [0, 0.1) is 0 Å². The molecule has 0 heterocycles. The third kappa shape index (κ3) is 28.1. The molecule has 0 radical (unpaired) electrons. The first-order chi connectivity index (χ1) is 22.1. The topological polar surface area (TPSA) is 102 Å². The Morgan fingerprint density at radius 1 is 0.652 bits per heavy atom. The van der Waals surface area contributed by atoms with Crippen molar-refractivity contribution in [3.8, 4) is 0 Å². The second-order valence-electron chi connectivity index (χ2n) is 13.5. The third-order valence-electron chi connectivity index (χ3n) is 8.12. The summed E-state index contributed by atoms with van der Waals surface area (Å²) in [6.45, 7) is 4.56. The Hall–Kier alpha value is -2.19. The predicted molar refractivity (Wildman–Crippen MR) is 185 cm³/mol. The number of aliphatic carboxylic acids is 1. The summed E-state index contributed by atoms with van der Waals surface area (Å²) in [5, 5.41) is 11.5. The highest BCUT2D eigenvalue weighted by atomic mass is 16.6. The number of carboxylic acid groups (broad SMARTS) is 1. The molecule has 8 heteroatoms. The van der Waals surface area contributed by atoms with E-state index in [1.54, 1.807) is 21.1 Å². The van der Waals surface area contributed by atoms with E-state index in [0.717, 1.165) is 57.8 Å². The van der Waals surface area contributed by atoms with E-state index < -0.39 is 18.1 Å². The summed E-state index contributed by atoms with van der Waals surface area (Å²) in [6, 6.07) is -0.723. The molecule has 2 atom stereocenters. The monoisotopic (exact) mass is 652 g/mol. The second-order valence-corrected chi connectivity index (χ2v) is 13.5. The molecule has 8 nitrogen and oxygen atoms in total. The van der Waals surface area contributed by atoms with E-state index in [2.05, 4.69) is 38.2 Å². The lowest BCUT2D eigenvalue weighted by Gasteiger charge is -2.34. The van der Waals surface area contributed by atoms with Gasteiger partial charge in [-0.2, -0.15) is 0 Å². The van der Waals surface area contributed by atoms with Gasteiger partial charge in [0, 0.05) is 19.3 Å². The first-order valence-corrected chi connectivity index (χ1v) is 18.4. The highest BCUT2D eigenvalue weighted by Crippen LogP contribution is 2.13. The molecule has 0 aromatic rings. The smallest absolute Gasteiger partial charge is 0.306 e. The van der Waals surface area contributed by atoms with Gasteiger partial charge in [0.2, 0.25) is 0 Å². The first-order valence-electron chi connectivity index (χ1n) is 18.4. The molecule has 0 saturated heterocycles. The number of hydrogen-bond donors (Lipinski definition) is 0. The summed E-state index contributed by atoms with van der Waals surface area (Å²) in [7, 11) is 5.38. The normalized spacial score (nSPS) is 13.3. The van der Waals surface area contributed by atoms with E-state index >= 15 is 0 Å². The number of likely N-dealkylation sites (N-methyl/N-ethyl adjacent to an activating group) is 1. The molecular weight excluding hydrogens is 582 g/mol. The van der Waals surface area contributed by atoms with Crippen LogP contribution < -0.4 is 5.11 Å². The van der Waals surface area contributed by atoms with Gasteiger partial charge in [-0.15, -0.1) is 0 Å². The zero-order valence-electron chi connectivity index (χ0n) is 30.2.